The summed E-state index contributed by atoms with van der Waals surface area (Å²) in [5, 5.41) is 5.24. The molecule has 2 aliphatic heterocycles. The van der Waals surface area contributed by atoms with E-state index in [9.17, 15) is 13.7 Å². The van der Waals surface area contributed by atoms with Gasteiger partial charge >= 0.3 is 0 Å². The maximum atomic E-state index is 14.0. The molecule has 2 fully saturated rings. The van der Waals surface area contributed by atoms with Crippen LogP contribution in [0.1, 0.15) is 28.0 Å². The Balaban J connectivity index is 1.19. The lowest BCUT2D eigenvalue weighted by Gasteiger charge is -2.32. The number of ketones is 1. The molecule has 0 spiro atoms. The molecule has 2 aliphatic rings. The quantitative estimate of drug-likeness (QED) is 0.200. The predicted octanol–water partition coefficient (Wildman–Crippen LogP) is 4.51. The van der Waals surface area contributed by atoms with E-state index in [0.29, 0.717) is 42.5 Å². The number of hydrogen-bond donors (Lipinski definition) is 2. The molecule has 2 saturated heterocycles. The van der Waals surface area contributed by atoms with Crippen LogP contribution in [0, 0.1) is 12.7 Å². The van der Waals surface area contributed by atoms with Crippen molar-refractivity contribution >= 4 is 45.2 Å². The topological polar surface area (TPSA) is 138 Å². The molecule has 0 bridgehead atoms. The predicted molar refractivity (Wildman–Crippen MR) is 167 cm³/mol. The van der Waals surface area contributed by atoms with Gasteiger partial charge in [0.2, 0.25) is 11.7 Å². The van der Waals surface area contributed by atoms with Crippen LogP contribution in [0.5, 0.6) is 11.6 Å². The zero-order valence-corrected chi connectivity index (χ0v) is 24.8. The highest BCUT2D eigenvalue weighted by molar-refractivity contribution is 7.93. The Morgan fingerprint density at radius 1 is 1.09 bits per heavy atom. The van der Waals surface area contributed by atoms with Gasteiger partial charge in [-0.05, 0) is 42.8 Å². The standard InChI is InChI=1S/C31H30FN7O4S/c1-19-13-29(43-28-6-3-2-5-22(28)32)34-18-27(19)39-31(33)21(17-35-39)30(40)24-14-20-15-25(37-8-10-42-11-9-37)26(16-23(20)36-24)38-7-4-12-44(38)41/h2-3,5-6,13-18,36H,4,7-12,33H2,1H3. The maximum Gasteiger partial charge on any atom is 0.219 e. The van der Waals surface area contributed by atoms with Gasteiger partial charge in [0.15, 0.2) is 11.6 Å². The van der Waals surface area contributed by atoms with Crippen molar-refractivity contribution in [2.75, 3.05) is 53.5 Å². The molecule has 0 saturated carbocycles. The maximum absolute atomic E-state index is 14.0. The van der Waals surface area contributed by atoms with E-state index in [2.05, 4.69) is 20.0 Å². The van der Waals surface area contributed by atoms with Crippen LogP contribution in [0.2, 0.25) is 0 Å². The molecule has 1 unspecified atom stereocenters. The number of benzene rings is 2. The van der Waals surface area contributed by atoms with Gasteiger partial charge in [0, 0.05) is 36.5 Å². The summed E-state index contributed by atoms with van der Waals surface area (Å²) in [5.41, 5.74) is 11.0. The molecular weight excluding hydrogens is 585 g/mol. The normalized spacial score (nSPS) is 17.0. The number of hydrogen-bond acceptors (Lipinski definition) is 9. The van der Waals surface area contributed by atoms with Gasteiger partial charge in [-0.2, -0.15) is 9.40 Å². The van der Waals surface area contributed by atoms with E-state index in [4.69, 9.17) is 15.2 Å². The van der Waals surface area contributed by atoms with Crippen molar-refractivity contribution in [1.82, 2.24) is 19.7 Å². The molecular formula is C31H30FN7O4S. The summed E-state index contributed by atoms with van der Waals surface area (Å²) in [6.07, 6.45) is 3.81. The third kappa shape index (κ3) is 5.12. The fourth-order valence-electron chi connectivity index (χ4n) is 5.62. The molecule has 0 radical (unpaired) electrons. The Labute approximate surface area is 255 Å². The number of nitrogens with zero attached hydrogens (tertiary/aromatic N) is 5. The van der Waals surface area contributed by atoms with Crippen LogP contribution in [-0.2, 0) is 16.1 Å². The summed E-state index contributed by atoms with van der Waals surface area (Å²) in [7, 11) is 0. The van der Waals surface area contributed by atoms with E-state index >= 15 is 0 Å². The number of para-hydroxylation sites is 1. The van der Waals surface area contributed by atoms with Gasteiger partial charge in [0.05, 0.1) is 66.1 Å². The van der Waals surface area contributed by atoms with Crippen molar-refractivity contribution in [3.8, 4) is 17.3 Å². The molecule has 5 aromatic rings. The highest BCUT2D eigenvalue weighted by atomic mass is 32.2. The minimum absolute atomic E-state index is 0.0647. The van der Waals surface area contributed by atoms with Crippen LogP contribution < -0.4 is 19.7 Å². The molecule has 44 heavy (non-hydrogen) atoms. The number of fused-ring (bicyclic) bond motifs is 1. The second-order valence-electron chi connectivity index (χ2n) is 10.7. The molecule has 11 nitrogen and oxygen atoms in total. The van der Waals surface area contributed by atoms with E-state index in [0.717, 1.165) is 41.8 Å². The van der Waals surface area contributed by atoms with Crippen LogP contribution in [-0.4, -0.2) is 68.7 Å². The number of anilines is 3. The first kappa shape index (κ1) is 28.2. The second kappa shape index (κ2) is 11.5. The number of H-pyrrole nitrogens is 1. The minimum Gasteiger partial charge on any atom is -0.593 e. The van der Waals surface area contributed by atoms with Crippen LogP contribution in [0.3, 0.4) is 0 Å². The van der Waals surface area contributed by atoms with Gasteiger partial charge in [-0.15, -0.1) is 0 Å². The summed E-state index contributed by atoms with van der Waals surface area (Å²) in [5.74, 6) is 0.263. The number of rotatable bonds is 7. The first-order chi connectivity index (χ1) is 21.4. The number of aromatic nitrogens is 4. The second-order valence-corrected chi connectivity index (χ2v) is 12.2. The van der Waals surface area contributed by atoms with E-state index in [1.165, 1.54) is 29.2 Å². The monoisotopic (exact) mass is 615 g/mol. The first-order valence-electron chi connectivity index (χ1n) is 14.3. The molecule has 13 heteroatoms. The van der Waals surface area contributed by atoms with Crippen molar-refractivity contribution in [3.63, 3.8) is 0 Å². The zero-order valence-electron chi connectivity index (χ0n) is 24.0. The molecule has 2 aromatic carbocycles. The summed E-state index contributed by atoms with van der Waals surface area (Å²) in [6, 6.07) is 13.6. The fourth-order valence-corrected chi connectivity index (χ4v) is 6.92. The summed E-state index contributed by atoms with van der Waals surface area (Å²) in [6.45, 7) is 5.24. The number of carbonyl (C=O) groups excluding carboxylic acids is 1. The Morgan fingerprint density at radius 3 is 2.66 bits per heavy atom. The van der Waals surface area contributed by atoms with Crippen molar-refractivity contribution < 1.29 is 23.2 Å². The lowest BCUT2D eigenvalue weighted by atomic mass is 10.1. The number of nitrogens with two attached hydrogens (primary N) is 1. The van der Waals surface area contributed by atoms with Gasteiger partial charge in [0.1, 0.15) is 17.3 Å². The number of aryl methyl sites for hydroxylation is 1. The molecule has 5 heterocycles. The average molecular weight is 616 g/mol. The number of ether oxygens (including phenoxy) is 2. The zero-order chi connectivity index (χ0) is 30.4. The Kier molecular flexibility index (Phi) is 7.36. The molecule has 3 aromatic heterocycles. The highest BCUT2D eigenvalue weighted by Crippen LogP contribution is 2.38. The average Bonchev–Trinajstić information content (AvgIpc) is 3.76. The fraction of sp³-hybridized carbons (Fsp3) is 0.258. The van der Waals surface area contributed by atoms with Crippen molar-refractivity contribution in [1.29, 1.82) is 0 Å². The van der Waals surface area contributed by atoms with Gasteiger partial charge in [-0.1, -0.05) is 12.1 Å². The third-order valence-electron chi connectivity index (χ3n) is 7.90. The number of pyridine rings is 1. The van der Waals surface area contributed by atoms with Gasteiger partial charge < -0.3 is 29.6 Å². The number of nitrogens with one attached hydrogen (secondary N) is 1. The largest absolute Gasteiger partial charge is 0.593 e. The van der Waals surface area contributed by atoms with E-state index in [1.807, 2.05) is 29.4 Å². The number of morpholine rings is 1. The Hall–Kier alpha value is -4.59. The number of aromatic amines is 1. The molecule has 0 aliphatic carbocycles. The van der Waals surface area contributed by atoms with Crippen LogP contribution in [0.15, 0.2) is 60.9 Å². The molecule has 1 atom stereocenters. The Morgan fingerprint density at radius 2 is 1.91 bits per heavy atom. The smallest absolute Gasteiger partial charge is 0.219 e. The van der Waals surface area contributed by atoms with E-state index < -0.39 is 17.2 Å². The molecule has 7 rings (SSSR count). The summed E-state index contributed by atoms with van der Waals surface area (Å²) >= 11 is -1.10. The Bertz CT molecular complexity index is 1870. The van der Waals surface area contributed by atoms with Crippen LogP contribution >= 0.6 is 0 Å². The van der Waals surface area contributed by atoms with Gasteiger partial charge in [0.25, 0.3) is 0 Å². The molecule has 0 amide bonds. The lowest BCUT2D eigenvalue weighted by molar-refractivity contribution is 0.103. The van der Waals surface area contributed by atoms with Crippen molar-refractivity contribution in [2.45, 2.75) is 13.3 Å². The summed E-state index contributed by atoms with van der Waals surface area (Å²) in [4.78, 5) is 23.5. The number of halogens is 1. The van der Waals surface area contributed by atoms with Crippen LogP contribution in [0.4, 0.5) is 21.6 Å². The first-order valence-corrected chi connectivity index (χ1v) is 15.6. The van der Waals surface area contributed by atoms with Gasteiger partial charge in [-0.25, -0.2) is 14.1 Å². The van der Waals surface area contributed by atoms with E-state index in [-0.39, 0.29) is 28.8 Å². The number of carbonyl (C=O) groups is 1. The molecule has 3 N–H and O–H groups in total. The summed E-state index contributed by atoms with van der Waals surface area (Å²) < 4.78 is 41.4. The SMILES string of the molecule is Cc1cc(Oc2ccccc2F)ncc1-n1ncc(C(=O)c2cc3cc(N4CCOCC4)c(N4CCC[S+]4[O-])cc3[nH]2)c1N. The third-order valence-corrected chi connectivity index (χ3v) is 9.40. The minimum atomic E-state index is -1.10. The lowest BCUT2D eigenvalue weighted by Crippen LogP contribution is -2.37. The van der Waals surface area contributed by atoms with Crippen molar-refractivity contribution in [3.05, 3.63) is 83.6 Å². The highest BCUT2D eigenvalue weighted by Gasteiger charge is 2.31. The van der Waals surface area contributed by atoms with Crippen LogP contribution in [0.25, 0.3) is 16.6 Å². The number of nitrogen functional groups attached to an aromatic ring is 1. The molecule has 226 valence electrons. The van der Waals surface area contributed by atoms with Crippen molar-refractivity contribution in [2.24, 2.45) is 0 Å². The van der Waals surface area contributed by atoms with E-state index in [1.54, 1.807) is 18.2 Å². The van der Waals surface area contributed by atoms with Gasteiger partial charge in [-0.3, -0.25) is 4.79 Å².